The zero-order valence-corrected chi connectivity index (χ0v) is 20.3. The number of carbonyl (C=O) groups excluding carboxylic acids is 2. The third-order valence-electron chi connectivity index (χ3n) is 6.53. The second kappa shape index (κ2) is 9.14. The Morgan fingerprint density at radius 1 is 1.16 bits per heavy atom. The molecule has 172 valence electrons. The monoisotopic (exact) mass is 498 g/mol. The van der Waals surface area contributed by atoms with Crippen LogP contribution in [0.25, 0.3) is 0 Å². The van der Waals surface area contributed by atoms with E-state index in [0.29, 0.717) is 21.7 Å². The molecule has 2 heterocycles. The molecule has 1 aromatic carbocycles. The highest BCUT2D eigenvalue weighted by Gasteiger charge is 2.57. The van der Waals surface area contributed by atoms with Crippen LogP contribution in [0, 0.1) is 5.41 Å². The standard InChI is InChI=1S/C22H31BrN2O6/c1-21(2,3)22-11-6-7-14(10-12-22)25(22)20(27)31-13-30-19(26)24-15-8-9-16(28-4)18(29-5)17(15)23/h8-9,14H,6-7,10-13H2,1-5H3,(H,24,26). The van der Waals surface area contributed by atoms with Crippen molar-refractivity contribution in [2.45, 2.75) is 64.5 Å². The molecule has 2 atom stereocenters. The lowest BCUT2D eigenvalue weighted by atomic mass is 9.68. The van der Waals surface area contributed by atoms with E-state index in [0.717, 1.165) is 32.1 Å². The summed E-state index contributed by atoms with van der Waals surface area (Å²) in [6.45, 7) is 6.06. The molecule has 1 aromatic rings. The Morgan fingerprint density at radius 2 is 1.90 bits per heavy atom. The summed E-state index contributed by atoms with van der Waals surface area (Å²) in [7, 11) is 3.03. The number of hydrogen-bond acceptors (Lipinski definition) is 6. The Kier molecular flexibility index (Phi) is 6.93. The lowest BCUT2D eigenvalue weighted by molar-refractivity contribution is -0.0474. The predicted octanol–water partition coefficient (Wildman–Crippen LogP) is 5.54. The van der Waals surface area contributed by atoms with Gasteiger partial charge >= 0.3 is 12.2 Å². The van der Waals surface area contributed by atoms with Gasteiger partial charge in [0.05, 0.1) is 29.9 Å². The Bertz CT molecular complexity index is 836. The number of methoxy groups -OCH3 is 2. The van der Waals surface area contributed by atoms with E-state index in [2.05, 4.69) is 42.0 Å². The summed E-state index contributed by atoms with van der Waals surface area (Å²) in [4.78, 5) is 27.0. The number of nitrogens with zero attached hydrogens (tertiary/aromatic N) is 1. The molecule has 2 amide bonds. The van der Waals surface area contributed by atoms with Crippen LogP contribution in [-0.2, 0) is 9.47 Å². The van der Waals surface area contributed by atoms with Gasteiger partial charge in [0.25, 0.3) is 0 Å². The molecule has 31 heavy (non-hydrogen) atoms. The van der Waals surface area contributed by atoms with Crippen molar-refractivity contribution in [2.75, 3.05) is 26.3 Å². The van der Waals surface area contributed by atoms with Crippen molar-refractivity contribution in [3.05, 3.63) is 16.6 Å². The Labute approximate surface area is 191 Å². The van der Waals surface area contributed by atoms with Crippen LogP contribution in [-0.4, -0.2) is 49.7 Å². The molecule has 0 aliphatic carbocycles. The molecule has 0 spiro atoms. The molecule has 3 rings (SSSR count). The van der Waals surface area contributed by atoms with Gasteiger partial charge in [0.1, 0.15) is 0 Å². The van der Waals surface area contributed by atoms with Gasteiger partial charge in [-0.3, -0.25) is 10.2 Å². The third kappa shape index (κ3) is 4.42. The first-order valence-electron chi connectivity index (χ1n) is 10.4. The largest absolute Gasteiger partial charge is 0.493 e. The number of carbonyl (C=O) groups is 2. The molecule has 2 bridgehead atoms. The molecule has 2 fully saturated rings. The molecule has 1 N–H and O–H groups in total. The maximum atomic E-state index is 12.9. The second-order valence-corrected chi connectivity index (χ2v) is 9.78. The third-order valence-corrected chi connectivity index (χ3v) is 7.32. The normalized spacial score (nSPS) is 22.6. The topological polar surface area (TPSA) is 86.3 Å². The molecule has 0 aromatic heterocycles. The zero-order valence-electron chi connectivity index (χ0n) is 18.7. The maximum absolute atomic E-state index is 12.9. The van der Waals surface area contributed by atoms with Crippen LogP contribution in [0.2, 0.25) is 0 Å². The average Bonchev–Trinajstić information content (AvgIpc) is 2.95. The van der Waals surface area contributed by atoms with E-state index in [1.54, 1.807) is 12.1 Å². The summed E-state index contributed by atoms with van der Waals surface area (Å²) in [5.74, 6) is 0.964. The van der Waals surface area contributed by atoms with Crippen LogP contribution in [0.1, 0.15) is 52.9 Å². The minimum Gasteiger partial charge on any atom is -0.493 e. The van der Waals surface area contributed by atoms with Gasteiger partial charge < -0.3 is 18.9 Å². The molecular formula is C22H31BrN2O6. The first kappa shape index (κ1) is 23.5. The SMILES string of the molecule is COc1ccc(NC(=O)OCOC(=O)N2C3CCCC2(C(C)(C)C)CC3)c(Br)c1OC. The van der Waals surface area contributed by atoms with E-state index < -0.39 is 19.0 Å². The van der Waals surface area contributed by atoms with E-state index in [4.69, 9.17) is 18.9 Å². The summed E-state index contributed by atoms with van der Waals surface area (Å²) in [5.41, 5.74) is 0.175. The number of rotatable bonds is 5. The lowest BCUT2D eigenvalue weighted by Gasteiger charge is -2.51. The number of anilines is 1. The van der Waals surface area contributed by atoms with E-state index in [1.165, 1.54) is 14.2 Å². The van der Waals surface area contributed by atoms with Gasteiger partial charge in [0.2, 0.25) is 6.79 Å². The Morgan fingerprint density at radius 3 is 2.55 bits per heavy atom. The molecule has 0 radical (unpaired) electrons. The van der Waals surface area contributed by atoms with Crippen LogP contribution < -0.4 is 14.8 Å². The van der Waals surface area contributed by atoms with Gasteiger partial charge in [-0.25, -0.2) is 9.59 Å². The smallest absolute Gasteiger partial charge is 0.414 e. The Balaban J connectivity index is 1.58. The van der Waals surface area contributed by atoms with Gasteiger partial charge in [-0.2, -0.15) is 0 Å². The number of halogens is 1. The molecular weight excluding hydrogens is 468 g/mol. The van der Waals surface area contributed by atoms with Crippen molar-refractivity contribution in [3.8, 4) is 11.5 Å². The fourth-order valence-electron chi connectivity index (χ4n) is 4.92. The van der Waals surface area contributed by atoms with Crippen LogP contribution in [0.3, 0.4) is 0 Å². The highest BCUT2D eigenvalue weighted by Crippen LogP contribution is 2.53. The molecule has 8 nitrogen and oxygen atoms in total. The summed E-state index contributed by atoms with van der Waals surface area (Å²) in [6, 6.07) is 3.51. The van der Waals surface area contributed by atoms with E-state index in [9.17, 15) is 9.59 Å². The molecule has 2 unspecified atom stereocenters. The summed E-state index contributed by atoms with van der Waals surface area (Å²) >= 11 is 3.38. The van der Waals surface area contributed by atoms with Crippen molar-refractivity contribution in [1.82, 2.24) is 4.90 Å². The Hall–Kier alpha value is -2.16. The van der Waals surface area contributed by atoms with E-state index >= 15 is 0 Å². The molecule has 0 saturated carbocycles. The average molecular weight is 499 g/mol. The predicted molar refractivity (Wildman–Crippen MR) is 120 cm³/mol. The maximum Gasteiger partial charge on any atom is 0.414 e. The molecule has 2 aliphatic rings. The number of piperidine rings is 1. The fraction of sp³-hybridized carbons (Fsp3) is 0.636. The number of nitrogens with one attached hydrogen (secondary N) is 1. The van der Waals surface area contributed by atoms with Crippen molar-refractivity contribution in [2.24, 2.45) is 5.41 Å². The van der Waals surface area contributed by atoms with Crippen LogP contribution in [0.15, 0.2) is 16.6 Å². The van der Waals surface area contributed by atoms with E-state index in [1.807, 2.05) is 4.90 Å². The summed E-state index contributed by atoms with van der Waals surface area (Å²) < 4.78 is 21.5. The van der Waals surface area contributed by atoms with Crippen molar-refractivity contribution >= 4 is 33.8 Å². The summed E-state index contributed by atoms with van der Waals surface area (Å²) in [6.07, 6.45) is 3.87. The minimum atomic E-state index is -0.743. The van der Waals surface area contributed by atoms with Gasteiger partial charge in [-0.15, -0.1) is 0 Å². The van der Waals surface area contributed by atoms with Crippen LogP contribution in [0.4, 0.5) is 15.3 Å². The number of amides is 2. The van der Waals surface area contributed by atoms with Crippen LogP contribution in [0.5, 0.6) is 11.5 Å². The van der Waals surface area contributed by atoms with Gasteiger partial charge in [-0.1, -0.05) is 20.8 Å². The van der Waals surface area contributed by atoms with Gasteiger partial charge in [0, 0.05) is 6.04 Å². The zero-order chi connectivity index (χ0) is 22.8. The summed E-state index contributed by atoms with van der Waals surface area (Å²) in [5, 5.41) is 2.60. The van der Waals surface area contributed by atoms with E-state index in [-0.39, 0.29) is 17.0 Å². The molecule has 2 aliphatic heterocycles. The second-order valence-electron chi connectivity index (χ2n) is 8.98. The highest BCUT2D eigenvalue weighted by atomic mass is 79.9. The first-order valence-corrected chi connectivity index (χ1v) is 11.2. The van der Waals surface area contributed by atoms with Crippen LogP contribution >= 0.6 is 15.9 Å². The molecule has 9 heteroatoms. The number of benzene rings is 1. The fourth-order valence-corrected chi connectivity index (χ4v) is 5.51. The minimum absolute atomic E-state index is 0.0564. The van der Waals surface area contributed by atoms with Gasteiger partial charge in [-0.05, 0) is 65.6 Å². The number of fused-ring (bicyclic) bond motifs is 2. The molecule has 2 saturated heterocycles. The first-order chi connectivity index (χ1) is 14.6. The van der Waals surface area contributed by atoms with Gasteiger partial charge in [0.15, 0.2) is 11.5 Å². The highest BCUT2D eigenvalue weighted by molar-refractivity contribution is 9.10. The van der Waals surface area contributed by atoms with Crippen molar-refractivity contribution < 1.29 is 28.5 Å². The quantitative estimate of drug-likeness (QED) is 0.536. The van der Waals surface area contributed by atoms with Crippen molar-refractivity contribution in [3.63, 3.8) is 0 Å². The number of hydrogen-bond donors (Lipinski definition) is 1. The lowest BCUT2D eigenvalue weighted by Crippen LogP contribution is -2.60. The van der Waals surface area contributed by atoms with Crippen molar-refractivity contribution in [1.29, 1.82) is 0 Å². The number of ether oxygens (including phenoxy) is 4.